The Morgan fingerprint density at radius 2 is 1.84 bits per heavy atom. The van der Waals surface area contributed by atoms with Crippen LogP contribution in [-0.2, 0) is 9.59 Å². The average molecular weight is 426 g/mol. The van der Waals surface area contributed by atoms with Crippen molar-refractivity contribution in [2.24, 2.45) is 0 Å². The van der Waals surface area contributed by atoms with Crippen LogP contribution in [0.3, 0.4) is 0 Å². The zero-order valence-electron chi connectivity index (χ0n) is 13.8. The Morgan fingerprint density at radius 1 is 1.16 bits per heavy atom. The van der Waals surface area contributed by atoms with Gasteiger partial charge in [-0.25, -0.2) is 4.98 Å². The van der Waals surface area contributed by atoms with Crippen LogP contribution < -0.4 is 10.6 Å². The average Bonchev–Trinajstić information content (AvgIpc) is 2.52. The fourth-order valence-electron chi connectivity index (χ4n) is 2.05. The Morgan fingerprint density at radius 3 is 2.44 bits per heavy atom. The lowest BCUT2D eigenvalue weighted by Crippen LogP contribution is -2.36. The molecule has 1 aromatic heterocycles. The van der Waals surface area contributed by atoms with Gasteiger partial charge in [0.25, 0.3) is 0 Å². The van der Waals surface area contributed by atoms with Gasteiger partial charge in [-0.05, 0) is 59.7 Å². The lowest BCUT2D eigenvalue weighted by atomic mass is 10.2. The van der Waals surface area contributed by atoms with Gasteiger partial charge < -0.3 is 10.6 Å². The summed E-state index contributed by atoms with van der Waals surface area (Å²) in [6, 6.07) is 8.79. The molecule has 0 saturated carbocycles. The molecule has 0 fully saturated rings. The summed E-state index contributed by atoms with van der Waals surface area (Å²) in [4.78, 5) is 29.7. The van der Waals surface area contributed by atoms with Gasteiger partial charge in [0.15, 0.2) is 0 Å². The van der Waals surface area contributed by atoms with Gasteiger partial charge in [0.1, 0.15) is 5.82 Å². The second kappa shape index (κ2) is 8.94. The number of pyridine rings is 1. The molecule has 2 amide bonds. The Labute approximate surface area is 159 Å². The first-order valence-corrected chi connectivity index (χ1v) is 8.66. The van der Waals surface area contributed by atoms with E-state index in [1.807, 2.05) is 13.0 Å². The summed E-state index contributed by atoms with van der Waals surface area (Å²) in [6.45, 7) is 2.03. The van der Waals surface area contributed by atoms with Gasteiger partial charge in [0.05, 0.1) is 13.1 Å². The van der Waals surface area contributed by atoms with E-state index in [1.165, 1.54) is 0 Å². The molecule has 2 rings (SSSR count). The van der Waals surface area contributed by atoms with Gasteiger partial charge >= 0.3 is 0 Å². The van der Waals surface area contributed by atoms with Crippen molar-refractivity contribution in [3.63, 3.8) is 0 Å². The number of carbonyl (C=O) groups is 2. The van der Waals surface area contributed by atoms with Crippen LogP contribution in [0.25, 0.3) is 0 Å². The third-order valence-electron chi connectivity index (χ3n) is 3.28. The number of nitrogens with zero attached hydrogens (tertiary/aromatic N) is 2. The van der Waals surface area contributed by atoms with Crippen LogP contribution in [-0.4, -0.2) is 41.8 Å². The minimum Gasteiger partial charge on any atom is -0.325 e. The fourth-order valence-corrected chi connectivity index (χ4v) is 2.46. The smallest absolute Gasteiger partial charge is 0.239 e. The number of aryl methyl sites for hydroxylation is 1. The molecule has 0 aliphatic carbocycles. The first kappa shape index (κ1) is 19.4. The van der Waals surface area contributed by atoms with E-state index >= 15 is 0 Å². The van der Waals surface area contributed by atoms with Crippen LogP contribution in [0.1, 0.15) is 5.56 Å². The standard InChI is InChI=1S/C17H18BrClN4O2/c1-11-3-5-13(7-14(11)19)21-16(24)9-23(2)10-17(25)22-15-6-4-12(18)8-20-15/h3-8H,9-10H2,1-2H3,(H,21,24)(H,20,22,25). The van der Waals surface area contributed by atoms with E-state index in [4.69, 9.17) is 11.6 Å². The zero-order chi connectivity index (χ0) is 18.4. The number of rotatable bonds is 6. The summed E-state index contributed by atoms with van der Waals surface area (Å²) in [5, 5.41) is 6.02. The topological polar surface area (TPSA) is 74.3 Å². The molecule has 132 valence electrons. The number of aromatic nitrogens is 1. The van der Waals surface area contributed by atoms with Gasteiger partial charge in [-0.3, -0.25) is 14.5 Å². The molecule has 0 bridgehead atoms. The van der Waals surface area contributed by atoms with Gasteiger partial charge in [-0.1, -0.05) is 17.7 Å². The Bertz CT molecular complexity index is 768. The number of likely N-dealkylation sites (N-methyl/N-ethyl adjacent to an activating group) is 1. The molecule has 25 heavy (non-hydrogen) atoms. The summed E-state index contributed by atoms with van der Waals surface area (Å²) < 4.78 is 0.829. The monoisotopic (exact) mass is 424 g/mol. The highest BCUT2D eigenvalue weighted by Crippen LogP contribution is 2.19. The highest BCUT2D eigenvalue weighted by molar-refractivity contribution is 9.10. The Hall–Kier alpha value is -1.96. The van der Waals surface area contributed by atoms with Crippen molar-refractivity contribution in [2.75, 3.05) is 30.8 Å². The third kappa shape index (κ3) is 6.45. The molecule has 1 aromatic carbocycles. The van der Waals surface area contributed by atoms with Gasteiger partial charge in [-0.15, -0.1) is 0 Å². The number of benzene rings is 1. The van der Waals surface area contributed by atoms with Gasteiger partial charge in [0, 0.05) is 21.4 Å². The first-order chi connectivity index (χ1) is 11.8. The van der Waals surface area contributed by atoms with Crippen LogP contribution >= 0.6 is 27.5 Å². The maximum atomic E-state index is 12.1. The summed E-state index contributed by atoms with van der Waals surface area (Å²) in [6.07, 6.45) is 1.60. The molecular formula is C17H18BrClN4O2. The highest BCUT2D eigenvalue weighted by atomic mass is 79.9. The lowest BCUT2D eigenvalue weighted by molar-refractivity contribution is -0.119. The molecule has 0 radical (unpaired) electrons. The molecule has 0 aliphatic heterocycles. The molecular weight excluding hydrogens is 408 g/mol. The minimum absolute atomic E-state index is 0.0693. The van der Waals surface area contributed by atoms with Crippen molar-refractivity contribution in [1.82, 2.24) is 9.88 Å². The SMILES string of the molecule is Cc1ccc(NC(=O)CN(C)CC(=O)Nc2ccc(Br)cn2)cc1Cl. The number of halogens is 2. The molecule has 0 aliphatic rings. The molecule has 0 spiro atoms. The third-order valence-corrected chi connectivity index (χ3v) is 4.15. The van der Waals surface area contributed by atoms with Crippen LogP contribution in [0.5, 0.6) is 0 Å². The number of nitrogens with one attached hydrogen (secondary N) is 2. The second-order valence-corrected chi connectivity index (χ2v) is 6.92. The molecule has 0 saturated heterocycles. The second-order valence-electron chi connectivity index (χ2n) is 5.59. The molecule has 2 N–H and O–H groups in total. The molecule has 6 nitrogen and oxygen atoms in total. The van der Waals surface area contributed by atoms with Crippen molar-refractivity contribution in [3.05, 3.63) is 51.6 Å². The zero-order valence-corrected chi connectivity index (χ0v) is 16.2. The number of carbonyl (C=O) groups excluding carboxylic acids is 2. The molecule has 0 unspecified atom stereocenters. The van der Waals surface area contributed by atoms with Crippen LogP contribution in [0.15, 0.2) is 41.0 Å². The fraction of sp³-hybridized carbons (Fsp3) is 0.235. The maximum absolute atomic E-state index is 12.1. The summed E-state index contributed by atoms with van der Waals surface area (Å²) >= 11 is 9.31. The van der Waals surface area contributed by atoms with Gasteiger partial charge in [-0.2, -0.15) is 0 Å². The van der Waals surface area contributed by atoms with Crippen molar-refractivity contribution >= 4 is 50.9 Å². The number of hydrogen-bond acceptors (Lipinski definition) is 4. The van der Waals surface area contributed by atoms with Crippen LogP contribution in [0.2, 0.25) is 5.02 Å². The summed E-state index contributed by atoms with van der Waals surface area (Å²) in [5.41, 5.74) is 1.56. The number of hydrogen-bond donors (Lipinski definition) is 2. The van der Waals surface area contributed by atoms with E-state index < -0.39 is 0 Å². The maximum Gasteiger partial charge on any atom is 0.239 e. The van der Waals surface area contributed by atoms with Crippen LogP contribution in [0.4, 0.5) is 11.5 Å². The van der Waals surface area contributed by atoms with E-state index in [2.05, 4.69) is 31.5 Å². The lowest BCUT2D eigenvalue weighted by Gasteiger charge is -2.16. The molecule has 1 heterocycles. The minimum atomic E-state index is -0.247. The van der Waals surface area contributed by atoms with Crippen molar-refractivity contribution in [1.29, 1.82) is 0 Å². The molecule has 0 atom stereocenters. The predicted molar refractivity (Wildman–Crippen MR) is 103 cm³/mol. The number of anilines is 2. The highest BCUT2D eigenvalue weighted by Gasteiger charge is 2.12. The van der Waals surface area contributed by atoms with Gasteiger partial charge in [0.2, 0.25) is 11.8 Å². The Balaban J connectivity index is 1.81. The van der Waals surface area contributed by atoms with Crippen molar-refractivity contribution < 1.29 is 9.59 Å². The van der Waals surface area contributed by atoms with E-state index in [0.29, 0.717) is 16.5 Å². The van der Waals surface area contributed by atoms with E-state index in [1.54, 1.807) is 42.4 Å². The normalized spacial score (nSPS) is 10.6. The number of amides is 2. The van der Waals surface area contributed by atoms with E-state index in [-0.39, 0.29) is 24.9 Å². The van der Waals surface area contributed by atoms with Crippen molar-refractivity contribution in [2.45, 2.75) is 6.92 Å². The van der Waals surface area contributed by atoms with Crippen LogP contribution in [0, 0.1) is 6.92 Å². The quantitative estimate of drug-likeness (QED) is 0.744. The van der Waals surface area contributed by atoms with Crippen molar-refractivity contribution in [3.8, 4) is 0 Å². The first-order valence-electron chi connectivity index (χ1n) is 7.49. The molecule has 8 heteroatoms. The predicted octanol–water partition coefficient (Wildman–Crippen LogP) is 3.31. The van der Waals surface area contributed by atoms with E-state index in [9.17, 15) is 9.59 Å². The Kier molecular flexibility index (Phi) is 6.92. The summed E-state index contributed by atoms with van der Waals surface area (Å²) in [5.74, 6) is -0.0131. The van der Waals surface area contributed by atoms with E-state index in [0.717, 1.165) is 10.0 Å². The molecule has 2 aromatic rings. The largest absolute Gasteiger partial charge is 0.325 e. The summed E-state index contributed by atoms with van der Waals surface area (Å²) in [7, 11) is 1.69.